The molecule has 3 unspecified atom stereocenters. The maximum absolute atomic E-state index is 12.9. The van der Waals surface area contributed by atoms with Gasteiger partial charge in [0.2, 0.25) is 0 Å². The Morgan fingerprint density at radius 1 is 0.558 bits per heavy atom. The molecule has 0 aliphatic carbocycles. The average Bonchev–Trinajstić information content (AvgIpc) is 3.10. The number of rotatable bonds is 38. The Hall–Kier alpha value is -1.66. The van der Waals surface area contributed by atoms with Crippen molar-refractivity contribution in [3.8, 4) is 0 Å². The summed E-state index contributed by atoms with van der Waals surface area (Å²) in [5.74, 6) is -0.529. The maximum Gasteiger partial charge on any atom is 0.307 e. The van der Waals surface area contributed by atoms with Crippen molar-refractivity contribution < 1.29 is 24.2 Å². The molecule has 0 aliphatic heterocycles. The van der Waals surface area contributed by atoms with Crippen LogP contribution in [0.25, 0.3) is 0 Å². The van der Waals surface area contributed by atoms with E-state index >= 15 is 0 Å². The van der Waals surface area contributed by atoms with Crippen molar-refractivity contribution in [3.05, 3.63) is 24.3 Å². The molecule has 2 N–H and O–H groups in total. The Kier molecular flexibility index (Phi) is 35.2. The van der Waals surface area contributed by atoms with Gasteiger partial charge in [-0.1, -0.05) is 148 Å². The van der Waals surface area contributed by atoms with Crippen LogP contribution >= 0.6 is 0 Å². The topological polar surface area (TPSA) is 84.9 Å². The van der Waals surface area contributed by atoms with Gasteiger partial charge in [-0.15, -0.1) is 0 Å². The molecule has 0 amide bonds. The van der Waals surface area contributed by atoms with Crippen molar-refractivity contribution in [3.63, 3.8) is 0 Å². The third-order valence-electron chi connectivity index (χ3n) is 10.0. The predicted octanol–water partition coefficient (Wildman–Crippen LogP) is 13.4. The van der Waals surface area contributed by atoms with Gasteiger partial charge in [-0.3, -0.25) is 14.9 Å². The van der Waals surface area contributed by atoms with Crippen LogP contribution in [0.5, 0.6) is 0 Å². The van der Waals surface area contributed by atoms with Crippen LogP contribution in [-0.2, 0) is 19.1 Å². The highest BCUT2D eigenvalue weighted by Gasteiger charge is 2.32. The molecule has 0 radical (unpaired) electrons. The number of esters is 2. The average molecular weight is 734 g/mol. The zero-order chi connectivity index (χ0) is 38.5. The van der Waals surface area contributed by atoms with Gasteiger partial charge in [-0.05, 0) is 97.8 Å². The van der Waals surface area contributed by atoms with E-state index in [9.17, 15) is 14.7 Å². The van der Waals surface area contributed by atoms with Crippen molar-refractivity contribution >= 4 is 11.9 Å². The summed E-state index contributed by atoms with van der Waals surface area (Å²) in [4.78, 5) is 25.7. The fraction of sp³-hybridized carbons (Fsp3) is 0.870. The van der Waals surface area contributed by atoms with Gasteiger partial charge in [0, 0.05) is 18.4 Å². The van der Waals surface area contributed by atoms with Gasteiger partial charge in [-0.25, -0.2) is 0 Å². The second-order valence-electron chi connectivity index (χ2n) is 16.1. The van der Waals surface area contributed by atoms with E-state index in [0.29, 0.717) is 25.7 Å². The van der Waals surface area contributed by atoms with Crippen LogP contribution in [0, 0.1) is 0 Å². The van der Waals surface area contributed by atoms with Crippen molar-refractivity contribution in [2.24, 2.45) is 0 Å². The predicted molar refractivity (Wildman–Crippen MR) is 222 cm³/mol. The van der Waals surface area contributed by atoms with Gasteiger partial charge in [0.1, 0.15) is 6.10 Å². The quantitative estimate of drug-likeness (QED) is 0.0284. The Morgan fingerprint density at radius 3 is 1.29 bits per heavy atom. The Bertz CT molecular complexity index is 869. The largest absolute Gasteiger partial charge is 0.457 e. The highest BCUT2D eigenvalue weighted by atomic mass is 16.6. The summed E-state index contributed by atoms with van der Waals surface area (Å²) < 4.78 is 11.7. The van der Waals surface area contributed by atoms with E-state index < -0.39 is 24.0 Å². The number of carbonyl (C=O) groups is 2. The zero-order valence-corrected chi connectivity index (χ0v) is 35.3. The summed E-state index contributed by atoms with van der Waals surface area (Å²) in [6.45, 7) is 12.2. The van der Waals surface area contributed by atoms with Crippen LogP contribution in [0.4, 0.5) is 0 Å². The summed E-state index contributed by atoms with van der Waals surface area (Å²) in [5.41, 5.74) is -0.506. The van der Waals surface area contributed by atoms with Crippen molar-refractivity contribution in [1.29, 1.82) is 0 Å². The molecule has 0 rings (SSSR count). The van der Waals surface area contributed by atoms with E-state index in [-0.39, 0.29) is 11.9 Å². The second kappa shape index (κ2) is 36.3. The molecular formula is C46H87NO5. The molecule has 0 spiro atoms. The fourth-order valence-electron chi connectivity index (χ4n) is 6.63. The maximum atomic E-state index is 12.9. The molecule has 52 heavy (non-hydrogen) atoms. The third-order valence-corrected chi connectivity index (χ3v) is 10.0. The van der Waals surface area contributed by atoms with E-state index in [2.05, 4.69) is 43.5 Å². The number of carbonyl (C=O) groups excluding carboxylic acids is 2. The first kappa shape index (κ1) is 50.3. The molecule has 0 aromatic rings. The first-order valence-corrected chi connectivity index (χ1v) is 22.3. The van der Waals surface area contributed by atoms with Gasteiger partial charge >= 0.3 is 11.9 Å². The molecule has 0 saturated heterocycles. The Morgan fingerprint density at radius 2 is 0.904 bits per heavy atom. The van der Waals surface area contributed by atoms with Crippen molar-refractivity contribution in [2.45, 2.75) is 258 Å². The number of hydrogen-bond donors (Lipinski definition) is 2. The van der Waals surface area contributed by atoms with Crippen molar-refractivity contribution in [2.75, 3.05) is 0 Å². The minimum atomic E-state index is -0.771. The van der Waals surface area contributed by atoms with E-state index in [1.54, 1.807) is 6.92 Å². The van der Waals surface area contributed by atoms with Gasteiger partial charge in [0.05, 0.1) is 6.10 Å². The molecule has 0 aliphatic rings. The van der Waals surface area contributed by atoms with E-state index in [0.717, 1.165) is 51.4 Å². The number of allylic oxidation sites excluding steroid dienone is 4. The summed E-state index contributed by atoms with van der Waals surface area (Å²) in [7, 11) is 0. The summed E-state index contributed by atoms with van der Waals surface area (Å²) in [6, 6.07) is 0. The molecule has 0 saturated carbocycles. The molecule has 0 bridgehead atoms. The van der Waals surface area contributed by atoms with Crippen LogP contribution in [-0.4, -0.2) is 41.0 Å². The number of aliphatic hydroxyl groups excluding tert-OH is 1. The minimum Gasteiger partial charge on any atom is -0.457 e. The zero-order valence-electron chi connectivity index (χ0n) is 35.3. The standard InChI is InChI=1S/C46H87NO5/c1-7-10-12-14-16-18-20-22-24-26-28-30-32-34-36-38-43(49)51-41(4)45(47-46(5,6)40-42(48)9-3)52-44(50)39-37-35-33-31-29-27-25-23-21-19-17-15-13-11-8-2/h22-25,41-42,45,47-48H,7-21,26-40H2,1-6H3. The fourth-order valence-corrected chi connectivity index (χ4v) is 6.63. The molecule has 0 heterocycles. The van der Waals surface area contributed by atoms with Crippen LogP contribution in [0.3, 0.4) is 0 Å². The van der Waals surface area contributed by atoms with E-state index in [1.807, 2.05) is 20.8 Å². The lowest BCUT2D eigenvalue weighted by atomic mass is 9.95. The minimum absolute atomic E-state index is 0.253. The number of unbranched alkanes of at least 4 members (excludes halogenated alkanes) is 22. The molecule has 3 atom stereocenters. The van der Waals surface area contributed by atoms with Crippen LogP contribution in [0.2, 0.25) is 0 Å². The molecule has 6 nitrogen and oxygen atoms in total. The molecule has 0 aromatic carbocycles. The number of hydrogen-bond acceptors (Lipinski definition) is 6. The highest BCUT2D eigenvalue weighted by Crippen LogP contribution is 2.19. The van der Waals surface area contributed by atoms with Crippen LogP contribution in [0.1, 0.15) is 234 Å². The first-order chi connectivity index (χ1) is 25.1. The molecular weight excluding hydrogens is 647 g/mol. The number of aliphatic hydroxyl groups is 1. The third kappa shape index (κ3) is 34.1. The van der Waals surface area contributed by atoms with E-state index in [4.69, 9.17) is 9.47 Å². The smallest absolute Gasteiger partial charge is 0.307 e. The van der Waals surface area contributed by atoms with Gasteiger partial charge in [0.25, 0.3) is 0 Å². The van der Waals surface area contributed by atoms with Gasteiger partial charge in [-0.2, -0.15) is 0 Å². The number of nitrogens with one attached hydrogen (secondary N) is 1. The lowest BCUT2D eigenvalue weighted by molar-refractivity contribution is -0.171. The van der Waals surface area contributed by atoms with Gasteiger partial charge < -0.3 is 14.6 Å². The first-order valence-electron chi connectivity index (χ1n) is 22.3. The summed E-state index contributed by atoms with van der Waals surface area (Å²) in [5, 5.41) is 13.7. The molecule has 0 aromatic heterocycles. The normalized spacial score (nSPS) is 13.9. The lowest BCUT2D eigenvalue weighted by Gasteiger charge is -2.35. The molecule has 0 fully saturated rings. The Balaban J connectivity index is 4.38. The van der Waals surface area contributed by atoms with E-state index in [1.165, 1.54) is 116 Å². The lowest BCUT2D eigenvalue weighted by Crippen LogP contribution is -2.54. The molecule has 6 heteroatoms. The van der Waals surface area contributed by atoms with Crippen LogP contribution in [0.15, 0.2) is 24.3 Å². The summed E-state index contributed by atoms with van der Waals surface area (Å²) in [6.07, 6.45) is 40.9. The van der Waals surface area contributed by atoms with Crippen molar-refractivity contribution in [1.82, 2.24) is 5.32 Å². The monoisotopic (exact) mass is 734 g/mol. The second-order valence-corrected chi connectivity index (χ2v) is 16.1. The Labute approximate surface area is 323 Å². The summed E-state index contributed by atoms with van der Waals surface area (Å²) >= 11 is 0. The highest BCUT2D eigenvalue weighted by molar-refractivity contribution is 5.70. The van der Waals surface area contributed by atoms with Crippen LogP contribution < -0.4 is 5.32 Å². The SMILES string of the molecule is CCCCCCCCC=CCCCCCCCC(=O)OC(C)C(NC(C)(C)CC(O)CC)OC(=O)CCCCCCCC=CCCCCCCCC. The number of ether oxygens (including phenoxy) is 2. The molecule has 306 valence electrons. The van der Waals surface area contributed by atoms with Gasteiger partial charge in [0.15, 0.2) is 6.23 Å².